The van der Waals surface area contributed by atoms with Crippen LogP contribution in [-0.4, -0.2) is 18.9 Å². The van der Waals surface area contributed by atoms with Gasteiger partial charge in [0.05, 0.1) is 0 Å². The largest absolute Gasteiger partial charge is 0.399 e. The number of nitrogen functional groups attached to an aromatic ring is 1. The van der Waals surface area contributed by atoms with Crippen molar-refractivity contribution in [1.29, 1.82) is 0 Å². The molecular weight excluding hydrogens is 350 g/mol. The van der Waals surface area contributed by atoms with Gasteiger partial charge in [0.2, 0.25) is 5.91 Å². The molecule has 5 heteroatoms. The fourth-order valence-electron chi connectivity index (χ4n) is 2.93. The highest BCUT2D eigenvalue weighted by molar-refractivity contribution is 6.06. The molecule has 0 heterocycles. The van der Waals surface area contributed by atoms with Gasteiger partial charge in [-0.15, -0.1) is 0 Å². The Balaban J connectivity index is 1.63. The quantitative estimate of drug-likeness (QED) is 0.638. The number of aryl methyl sites for hydroxylation is 1. The average Bonchev–Trinajstić information content (AvgIpc) is 2.73. The fourth-order valence-corrected chi connectivity index (χ4v) is 2.93. The summed E-state index contributed by atoms with van der Waals surface area (Å²) in [6.07, 6.45) is 0.879. The van der Waals surface area contributed by atoms with Crippen molar-refractivity contribution >= 4 is 28.9 Å². The molecule has 0 saturated heterocycles. The first-order valence-corrected chi connectivity index (χ1v) is 9.11. The molecule has 0 atom stereocenters. The SMILES string of the molecule is CN(C(=O)c1cccc(NC(=O)CCc2ccccc2N)c1)c1ccccc1. The van der Waals surface area contributed by atoms with Gasteiger partial charge in [0.25, 0.3) is 5.91 Å². The molecule has 0 saturated carbocycles. The zero-order valence-electron chi connectivity index (χ0n) is 15.8. The van der Waals surface area contributed by atoms with E-state index < -0.39 is 0 Å². The first-order chi connectivity index (χ1) is 13.5. The summed E-state index contributed by atoms with van der Waals surface area (Å²) in [5.74, 6) is -0.261. The highest BCUT2D eigenvalue weighted by Gasteiger charge is 2.14. The van der Waals surface area contributed by atoms with Crippen LogP contribution in [0, 0.1) is 0 Å². The van der Waals surface area contributed by atoms with Crippen LogP contribution in [-0.2, 0) is 11.2 Å². The number of anilines is 3. The predicted molar refractivity (Wildman–Crippen MR) is 113 cm³/mol. The van der Waals surface area contributed by atoms with E-state index in [0.29, 0.717) is 29.8 Å². The smallest absolute Gasteiger partial charge is 0.258 e. The summed E-state index contributed by atoms with van der Waals surface area (Å²) in [6, 6.07) is 23.9. The Morgan fingerprint density at radius 2 is 1.64 bits per heavy atom. The number of nitrogens with two attached hydrogens (primary N) is 1. The van der Waals surface area contributed by atoms with Crippen LogP contribution < -0.4 is 16.0 Å². The first kappa shape index (κ1) is 19.2. The normalized spacial score (nSPS) is 10.3. The van der Waals surface area contributed by atoms with Crippen LogP contribution in [0.2, 0.25) is 0 Å². The highest BCUT2D eigenvalue weighted by Crippen LogP contribution is 2.18. The Kier molecular flexibility index (Phi) is 6.07. The van der Waals surface area contributed by atoms with Crippen LogP contribution in [0.25, 0.3) is 0 Å². The van der Waals surface area contributed by atoms with Crippen molar-refractivity contribution in [2.24, 2.45) is 0 Å². The Hall–Kier alpha value is -3.60. The molecule has 142 valence electrons. The molecule has 0 aromatic heterocycles. The maximum absolute atomic E-state index is 12.7. The Labute approximate surface area is 164 Å². The van der Waals surface area contributed by atoms with Crippen LogP contribution >= 0.6 is 0 Å². The van der Waals surface area contributed by atoms with Crippen molar-refractivity contribution in [3.8, 4) is 0 Å². The first-order valence-electron chi connectivity index (χ1n) is 9.11. The lowest BCUT2D eigenvalue weighted by molar-refractivity contribution is -0.116. The van der Waals surface area contributed by atoms with E-state index in [1.807, 2.05) is 54.6 Å². The number of amides is 2. The lowest BCUT2D eigenvalue weighted by atomic mass is 10.1. The summed E-state index contributed by atoms with van der Waals surface area (Å²) in [4.78, 5) is 26.6. The van der Waals surface area contributed by atoms with Crippen molar-refractivity contribution in [3.63, 3.8) is 0 Å². The summed E-state index contributed by atoms with van der Waals surface area (Å²) in [7, 11) is 1.73. The summed E-state index contributed by atoms with van der Waals surface area (Å²) < 4.78 is 0. The molecule has 3 aromatic rings. The third kappa shape index (κ3) is 4.76. The van der Waals surface area contributed by atoms with Gasteiger partial charge in [0.1, 0.15) is 0 Å². The van der Waals surface area contributed by atoms with Gasteiger partial charge in [0.15, 0.2) is 0 Å². The maximum Gasteiger partial charge on any atom is 0.258 e. The number of nitrogens with zero attached hydrogens (tertiary/aromatic N) is 1. The van der Waals surface area contributed by atoms with E-state index in [1.54, 1.807) is 36.2 Å². The zero-order valence-corrected chi connectivity index (χ0v) is 15.8. The van der Waals surface area contributed by atoms with Gasteiger partial charge in [-0.05, 0) is 48.4 Å². The van der Waals surface area contributed by atoms with Gasteiger partial charge in [-0.25, -0.2) is 0 Å². The number of carbonyl (C=O) groups is 2. The van der Waals surface area contributed by atoms with Gasteiger partial charge in [-0.1, -0.05) is 42.5 Å². The Morgan fingerprint density at radius 1 is 0.929 bits per heavy atom. The molecule has 2 amide bonds. The molecule has 0 radical (unpaired) electrons. The van der Waals surface area contributed by atoms with E-state index in [2.05, 4.69) is 5.32 Å². The van der Waals surface area contributed by atoms with Gasteiger partial charge >= 0.3 is 0 Å². The van der Waals surface area contributed by atoms with Gasteiger partial charge < -0.3 is 16.0 Å². The second kappa shape index (κ2) is 8.86. The third-order valence-corrected chi connectivity index (χ3v) is 4.52. The van der Waals surface area contributed by atoms with Crippen LogP contribution in [0.4, 0.5) is 17.1 Å². The Bertz CT molecular complexity index is 970. The predicted octanol–water partition coefficient (Wildman–Crippen LogP) is 4.12. The lowest BCUT2D eigenvalue weighted by Crippen LogP contribution is -2.26. The van der Waals surface area contributed by atoms with Gasteiger partial charge in [-0.2, -0.15) is 0 Å². The number of carbonyl (C=O) groups excluding carboxylic acids is 2. The monoisotopic (exact) mass is 373 g/mol. The van der Waals surface area contributed by atoms with E-state index in [4.69, 9.17) is 5.73 Å². The molecule has 3 rings (SSSR count). The second-order valence-electron chi connectivity index (χ2n) is 6.53. The Morgan fingerprint density at radius 3 is 2.39 bits per heavy atom. The molecule has 3 N–H and O–H groups in total. The molecule has 0 aliphatic heterocycles. The van der Waals surface area contributed by atoms with Crippen LogP contribution in [0.15, 0.2) is 78.9 Å². The molecule has 0 bridgehead atoms. The maximum atomic E-state index is 12.7. The zero-order chi connectivity index (χ0) is 19.9. The molecule has 5 nitrogen and oxygen atoms in total. The van der Waals surface area contributed by atoms with Crippen molar-refractivity contribution in [1.82, 2.24) is 0 Å². The van der Waals surface area contributed by atoms with E-state index in [9.17, 15) is 9.59 Å². The van der Waals surface area contributed by atoms with Crippen molar-refractivity contribution < 1.29 is 9.59 Å². The number of rotatable bonds is 6. The van der Waals surface area contributed by atoms with E-state index in [-0.39, 0.29) is 11.8 Å². The number of para-hydroxylation sites is 2. The van der Waals surface area contributed by atoms with Crippen molar-refractivity contribution in [2.45, 2.75) is 12.8 Å². The van der Waals surface area contributed by atoms with Gasteiger partial charge in [-0.3, -0.25) is 9.59 Å². The van der Waals surface area contributed by atoms with E-state index in [1.165, 1.54) is 0 Å². The van der Waals surface area contributed by atoms with Crippen LogP contribution in [0.1, 0.15) is 22.3 Å². The molecule has 0 spiro atoms. The molecular formula is C23H23N3O2. The highest BCUT2D eigenvalue weighted by atomic mass is 16.2. The standard InChI is InChI=1S/C23H23N3O2/c1-26(20-11-3-2-4-12-20)23(28)18-9-7-10-19(16-18)25-22(27)15-14-17-8-5-6-13-21(17)24/h2-13,16H,14-15,24H2,1H3,(H,25,27). The van der Waals surface area contributed by atoms with Crippen LogP contribution in [0.5, 0.6) is 0 Å². The lowest BCUT2D eigenvalue weighted by Gasteiger charge is -2.17. The molecule has 3 aromatic carbocycles. The summed E-state index contributed by atoms with van der Waals surface area (Å²) in [5, 5.41) is 2.86. The van der Waals surface area contributed by atoms with Crippen molar-refractivity contribution in [2.75, 3.05) is 23.0 Å². The summed E-state index contributed by atoms with van der Waals surface area (Å²) in [6.45, 7) is 0. The van der Waals surface area contributed by atoms with E-state index >= 15 is 0 Å². The fraction of sp³-hybridized carbons (Fsp3) is 0.130. The molecule has 0 aliphatic rings. The van der Waals surface area contributed by atoms with Crippen molar-refractivity contribution in [3.05, 3.63) is 90.0 Å². The summed E-state index contributed by atoms with van der Waals surface area (Å²) >= 11 is 0. The minimum atomic E-state index is -0.139. The molecule has 28 heavy (non-hydrogen) atoms. The number of hydrogen-bond donors (Lipinski definition) is 2. The minimum Gasteiger partial charge on any atom is -0.399 e. The minimum absolute atomic E-state index is 0.121. The van der Waals surface area contributed by atoms with E-state index in [0.717, 1.165) is 11.3 Å². The third-order valence-electron chi connectivity index (χ3n) is 4.52. The average molecular weight is 373 g/mol. The number of nitrogens with one attached hydrogen (secondary N) is 1. The molecule has 0 aliphatic carbocycles. The number of hydrogen-bond acceptors (Lipinski definition) is 3. The van der Waals surface area contributed by atoms with Gasteiger partial charge in [0, 0.05) is 36.1 Å². The molecule has 0 fully saturated rings. The van der Waals surface area contributed by atoms with Crippen LogP contribution in [0.3, 0.4) is 0 Å². The molecule has 0 unspecified atom stereocenters. The topological polar surface area (TPSA) is 75.4 Å². The number of benzene rings is 3. The second-order valence-corrected chi connectivity index (χ2v) is 6.53. The summed E-state index contributed by atoms with van der Waals surface area (Å²) in [5.41, 5.74) is 9.47.